The fourth-order valence-corrected chi connectivity index (χ4v) is 4.09. The first-order chi connectivity index (χ1) is 14.2. The van der Waals surface area contributed by atoms with Crippen molar-refractivity contribution in [2.45, 2.75) is 50.6 Å². The molecule has 29 heavy (non-hydrogen) atoms. The van der Waals surface area contributed by atoms with Crippen LogP contribution in [-0.2, 0) is 22.4 Å². The van der Waals surface area contributed by atoms with Crippen molar-refractivity contribution in [2.75, 3.05) is 20.3 Å². The number of rotatable bonds is 4. The summed E-state index contributed by atoms with van der Waals surface area (Å²) in [6, 6.07) is 6.65. The Kier molecular flexibility index (Phi) is 5.89. The molecule has 2 aliphatic heterocycles. The van der Waals surface area contributed by atoms with Gasteiger partial charge in [-0.1, -0.05) is 6.07 Å². The van der Waals surface area contributed by atoms with Crippen molar-refractivity contribution >= 4 is 11.9 Å². The number of hydrogen-bond acceptors (Lipinski definition) is 6. The van der Waals surface area contributed by atoms with E-state index >= 15 is 0 Å². The number of carbonyl (C=O) groups is 2. The summed E-state index contributed by atoms with van der Waals surface area (Å²) in [6.07, 6.45) is 4.38. The quantitative estimate of drug-likeness (QED) is 0.793. The third kappa shape index (κ3) is 4.32. The highest BCUT2D eigenvalue weighted by atomic mass is 16.5. The highest BCUT2D eigenvalue weighted by molar-refractivity contribution is 5.98. The zero-order valence-corrected chi connectivity index (χ0v) is 16.6. The third-order valence-electron chi connectivity index (χ3n) is 5.74. The van der Waals surface area contributed by atoms with Gasteiger partial charge in [0.1, 0.15) is 11.6 Å². The SMILES string of the molecule is COC(=O)c1cccc(C(=O)NC2CCc3nnc(C4CCOCC4)n3CC2)c1. The van der Waals surface area contributed by atoms with Crippen molar-refractivity contribution in [2.24, 2.45) is 0 Å². The summed E-state index contributed by atoms with van der Waals surface area (Å²) in [5, 5.41) is 12.0. The molecule has 1 N–H and O–H groups in total. The van der Waals surface area contributed by atoms with Gasteiger partial charge in [-0.15, -0.1) is 10.2 Å². The highest BCUT2D eigenvalue weighted by Gasteiger charge is 2.27. The summed E-state index contributed by atoms with van der Waals surface area (Å²) < 4.78 is 12.4. The predicted octanol–water partition coefficient (Wildman–Crippen LogP) is 2.09. The number of nitrogens with one attached hydrogen (secondary N) is 1. The van der Waals surface area contributed by atoms with E-state index in [2.05, 4.69) is 20.1 Å². The number of fused-ring (bicyclic) bond motifs is 1. The van der Waals surface area contributed by atoms with E-state index in [4.69, 9.17) is 9.47 Å². The first-order valence-corrected chi connectivity index (χ1v) is 10.1. The van der Waals surface area contributed by atoms with Gasteiger partial charge in [0.15, 0.2) is 0 Å². The van der Waals surface area contributed by atoms with Crippen LogP contribution in [0, 0.1) is 0 Å². The van der Waals surface area contributed by atoms with Gasteiger partial charge in [0.2, 0.25) is 0 Å². The molecule has 2 aromatic rings. The lowest BCUT2D eigenvalue weighted by Gasteiger charge is -2.22. The number of aryl methyl sites for hydroxylation is 1. The molecule has 1 fully saturated rings. The Morgan fingerprint density at radius 3 is 2.72 bits per heavy atom. The topological polar surface area (TPSA) is 95.3 Å². The van der Waals surface area contributed by atoms with Crippen LogP contribution in [0.4, 0.5) is 0 Å². The Morgan fingerprint density at radius 2 is 1.93 bits per heavy atom. The molecule has 3 heterocycles. The fourth-order valence-electron chi connectivity index (χ4n) is 4.09. The second kappa shape index (κ2) is 8.73. The van der Waals surface area contributed by atoms with Crippen LogP contribution in [-0.4, -0.2) is 53.0 Å². The second-order valence-corrected chi connectivity index (χ2v) is 7.58. The van der Waals surface area contributed by atoms with Gasteiger partial charge in [-0.3, -0.25) is 4.79 Å². The molecule has 0 saturated carbocycles. The summed E-state index contributed by atoms with van der Waals surface area (Å²) in [4.78, 5) is 24.4. The van der Waals surface area contributed by atoms with Crippen LogP contribution in [0.2, 0.25) is 0 Å². The second-order valence-electron chi connectivity index (χ2n) is 7.58. The molecule has 0 bridgehead atoms. The number of nitrogens with zero attached hydrogens (tertiary/aromatic N) is 3. The lowest BCUT2D eigenvalue weighted by molar-refractivity contribution is 0.0600. The number of esters is 1. The summed E-state index contributed by atoms with van der Waals surface area (Å²) in [5.41, 5.74) is 0.827. The van der Waals surface area contributed by atoms with Crippen molar-refractivity contribution in [3.05, 3.63) is 47.0 Å². The maximum Gasteiger partial charge on any atom is 0.337 e. The smallest absolute Gasteiger partial charge is 0.337 e. The fraction of sp³-hybridized carbons (Fsp3) is 0.524. The van der Waals surface area contributed by atoms with E-state index in [9.17, 15) is 9.59 Å². The molecule has 1 atom stereocenters. The lowest BCUT2D eigenvalue weighted by Crippen LogP contribution is -2.35. The molecule has 8 nitrogen and oxygen atoms in total. The molecule has 1 unspecified atom stereocenters. The van der Waals surface area contributed by atoms with Crippen molar-refractivity contribution in [1.29, 1.82) is 0 Å². The van der Waals surface area contributed by atoms with Gasteiger partial charge in [0.25, 0.3) is 5.91 Å². The van der Waals surface area contributed by atoms with Crippen LogP contribution >= 0.6 is 0 Å². The molecule has 1 amide bonds. The molecule has 0 aliphatic carbocycles. The molecular weight excluding hydrogens is 372 g/mol. The average Bonchev–Trinajstić information content (AvgIpc) is 3.08. The number of amides is 1. The van der Waals surface area contributed by atoms with Crippen LogP contribution in [0.3, 0.4) is 0 Å². The predicted molar refractivity (Wildman–Crippen MR) is 105 cm³/mol. The van der Waals surface area contributed by atoms with Gasteiger partial charge in [-0.05, 0) is 43.9 Å². The van der Waals surface area contributed by atoms with E-state index in [0.717, 1.165) is 63.5 Å². The first kappa shape index (κ1) is 19.6. The Bertz CT molecular complexity index is 889. The van der Waals surface area contributed by atoms with Gasteiger partial charge in [0, 0.05) is 43.7 Å². The standard InChI is InChI=1S/C21H26N4O4/c1-28-21(27)16-4-2-3-15(13-16)20(26)22-17-5-6-18-23-24-19(25(18)10-7-17)14-8-11-29-12-9-14/h2-4,13-14,17H,5-12H2,1H3,(H,22,26). The number of methoxy groups -OCH3 is 1. The molecule has 0 spiro atoms. The van der Waals surface area contributed by atoms with Gasteiger partial charge in [-0.2, -0.15) is 0 Å². The molecule has 2 aliphatic rings. The van der Waals surface area contributed by atoms with Gasteiger partial charge in [-0.25, -0.2) is 4.79 Å². The van der Waals surface area contributed by atoms with E-state index in [1.54, 1.807) is 24.3 Å². The van der Waals surface area contributed by atoms with E-state index in [1.165, 1.54) is 7.11 Å². The van der Waals surface area contributed by atoms with Gasteiger partial charge >= 0.3 is 5.97 Å². The van der Waals surface area contributed by atoms with E-state index < -0.39 is 5.97 Å². The Labute approximate surface area is 169 Å². The van der Waals surface area contributed by atoms with Crippen molar-refractivity contribution in [3.8, 4) is 0 Å². The van der Waals surface area contributed by atoms with Crippen LogP contribution in [0.5, 0.6) is 0 Å². The van der Waals surface area contributed by atoms with Crippen LogP contribution in [0.15, 0.2) is 24.3 Å². The zero-order chi connectivity index (χ0) is 20.2. The maximum absolute atomic E-state index is 12.7. The third-order valence-corrected chi connectivity index (χ3v) is 5.74. The summed E-state index contributed by atoms with van der Waals surface area (Å²) in [5.74, 6) is 1.82. The number of aromatic nitrogens is 3. The average molecular weight is 398 g/mol. The van der Waals surface area contributed by atoms with Crippen LogP contribution < -0.4 is 5.32 Å². The number of ether oxygens (including phenoxy) is 2. The summed E-state index contributed by atoms with van der Waals surface area (Å²) in [6.45, 7) is 2.34. The molecule has 154 valence electrons. The van der Waals surface area contributed by atoms with E-state index in [-0.39, 0.29) is 11.9 Å². The maximum atomic E-state index is 12.7. The normalized spacial score (nSPS) is 19.8. The molecule has 1 saturated heterocycles. The molecular formula is C21H26N4O4. The van der Waals surface area contributed by atoms with E-state index in [1.807, 2.05) is 0 Å². The van der Waals surface area contributed by atoms with Crippen LogP contribution in [0.25, 0.3) is 0 Å². The summed E-state index contributed by atoms with van der Waals surface area (Å²) in [7, 11) is 1.33. The van der Waals surface area contributed by atoms with Crippen molar-refractivity contribution < 1.29 is 19.1 Å². The van der Waals surface area contributed by atoms with Crippen molar-refractivity contribution in [3.63, 3.8) is 0 Å². The lowest BCUT2D eigenvalue weighted by atomic mass is 9.99. The Hall–Kier alpha value is -2.74. The van der Waals surface area contributed by atoms with E-state index in [0.29, 0.717) is 17.0 Å². The molecule has 0 radical (unpaired) electrons. The highest BCUT2D eigenvalue weighted by Crippen LogP contribution is 2.28. The van der Waals surface area contributed by atoms with Gasteiger partial charge < -0.3 is 19.4 Å². The molecule has 1 aromatic heterocycles. The number of benzene rings is 1. The zero-order valence-electron chi connectivity index (χ0n) is 16.6. The van der Waals surface area contributed by atoms with Crippen molar-refractivity contribution in [1.82, 2.24) is 20.1 Å². The number of carbonyl (C=O) groups excluding carboxylic acids is 2. The Balaban J connectivity index is 1.41. The monoisotopic (exact) mass is 398 g/mol. The van der Waals surface area contributed by atoms with Gasteiger partial charge in [0.05, 0.1) is 12.7 Å². The van der Waals surface area contributed by atoms with Crippen LogP contribution in [0.1, 0.15) is 64.0 Å². The Morgan fingerprint density at radius 1 is 1.14 bits per heavy atom. The molecule has 8 heteroatoms. The largest absolute Gasteiger partial charge is 0.465 e. The molecule has 4 rings (SSSR count). The summed E-state index contributed by atoms with van der Waals surface area (Å²) >= 11 is 0. The minimum Gasteiger partial charge on any atom is -0.465 e. The first-order valence-electron chi connectivity index (χ1n) is 10.1. The minimum atomic E-state index is -0.451. The number of hydrogen-bond donors (Lipinski definition) is 1. The molecule has 1 aromatic carbocycles. The minimum absolute atomic E-state index is 0.0496.